The van der Waals surface area contributed by atoms with Gasteiger partial charge in [-0.2, -0.15) is 5.26 Å². The summed E-state index contributed by atoms with van der Waals surface area (Å²) in [5.41, 5.74) is 0.587. The van der Waals surface area contributed by atoms with Crippen molar-refractivity contribution in [2.75, 3.05) is 0 Å². The molecular weight excluding hydrogens is 300 g/mol. The van der Waals surface area contributed by atoms with Gasteiger partial charge in [0.15, 0.2) is 6.10 Å². The molecule has 24 heavy (non-hydrogen) atoms. The second-order valence-corrected chi connectivity index (χ2v) is 7.22. The van der Waals surface area contributed by atoms with Gasteiger partial charge in [0.2, 0.25) is 0 Å². The predicted molar refractivity (Wildman–Crippen MR) is 92.5 cm³/mol. The molecule has 0 heterocycles. The Morgan fingerprint density at radius 3 is 2.58 bits per heavy atom. The van der Waals surface area contributed by atoms with Crippen molar-refractivity contribution in [1.82, 2.24) is 5.32 Å². The number of carbonyl (C=O) groups excluding carboxylic acids is 1. The number of nitriles is 1. The third kappa shape index (κ3) is 4.08. The molecule has 0 bridgehead atoms. The third-order valence-corrected chi connectivity index (χ3v) is 5.55. The Labute approximate surface area is 144 Å². The van der Waals surface area contributed by atoms with E-state index in [0.29, 0.717) is 17.4 Å². The zero-order chi connectivity index (χ0) is 16.9. The van der Waals surface area contributed by atoms with Gasteiger partial charge in [0.25, 0.3) is 5.91 Å². The third-order valence-electron chi connectivity index (χ3n) is 5.55. The molecule has 4 heteroatoms. The number of fused-ring (bicyclic) bond motifs is 1. The van der Waals surface area contributed by atoms with Crippen LogP contribution in [0.1, 0.15) is 57.4 Å². The van der Waals surface area contributed by atoms with Crippen molar-refractivity contribution >= 4 is 5.91 Å². The predicted octanol–water partition coefficient (Wildman–Crippen LogP) is 3.80. The van der Waals surface area contributed by atoms with Gasteiger partial charge in [-0.1, -0.05) is 25.7 Å². The molecule has 4 atom stereocenters. The molecule has 0 aromatic heterocycles. The van der Waals surface area contributed by atoms with Crippen molar-refractivity contribution in [2.45, 2.75) is 64.0 Å². The van der Waals surface area contributed by atoms with E-state index in [9.17, 15) is 4.79 Å². The molecule has 0 aliphatic heterocycles. The Hall–Kier alpha value is -2.02. The second-order valence-electron chi connectivity index (χ2n) is 7.22. The number of ether oxygens (including phenoxy) is 1. The van der Waals surface area contributed by atoms with E-state index in [0.717, 1.165) is 24.7 Å². The lowest BCUT2D eigenvalue weighted by Gasteiger charge is -2.39. The van der Waals surface area contributed by atoms with Crippen molar-refractivity contribution in [3.63, 3.8) is 0 Å². The van der Waals surface area contributed by atoms with Crippen LogP contribution in [0, 0.1) is 23.2 Å². The number of carbonyl (C=O) groups is 1. The second kappa shape index (κ2) is 7.70. The number of hydrogen-bond acceptors (Lipinski definition) is 3. The lowest BCUT2D eigenvalue weighted by Crippen LogP contribution is -2.46. The summed E-state index contributed by atoms with van der Waals surface area (Å²) in [7, 11) is 0. The van der Waals surface area contributed by atoms with Crippen LogP contribution in [0.15, 0.2) is 24.3 Å². The van der Waals surface area contributed by atoms with E-state index in [-0.39, 0.29) is 5.91 Å². The van der Waals surface area contributed by atoms with Crippen LogP contribution in [0.3, 0.4) is 0 Å². The Morgan fingerprint density at radius 2 is 1.88 bits per heavy atom. The van der Waals surface area contributed by atoms with E-state index < -0.39 is 6.10 Å². The Balaban J connectivity index is 1.49. The summed E-state index contributed by atoms with van der Waals surface area (Å²) in [6, 6.07) is 9.23. The van der Waals surface area contributed by atoms with Crippen molar-refractivity contribution in [2.24, 2.45) is 11.8 Å². The average Bonchev–Trinajstić information content (AvgIpc) is 2.62. The first-order valence-electron chi connectivity index (χ1n) is 9.13. The summed E-state index contributed by atoms with van der Waals surface area (Å²) in [4.78, 5) is 12.4. The fourth-order valence-electron chi connectivity index (χ4n) is 4.19. The standard InChI is InChI=1S/C20H26N2O2/c1-14(24-19-10-6-15(13-21)7-11-19)20(23)22-18-9-8-16-4-2-3-5-17(16)12-18/h6-7,10-11,14,16-18H,2-5,8-9,12H2,1H3,(H,22,23)/t14-,16-,17-,18+/m0/s1. The molecule has 2 saturated carbocycles. The number of hydrogen-bond donors (Lipinski definition) is 1. The molecule has 1 aromatic rings. The van der Waals surface area contributed by atoms with E-state index in [2.05, 4.69) is 11.4 Å². The molecule has 2 aliphatic carbocycles. The summed E-state index contributed by atoms with van der Waals surface area (Å²) >= 11 is 0. The van der Waals surface area contributed by atoms with Crippen LogP contribution in [0.2, 0.25) is 0 Å². The maximum atomic E-state index is 12.4. The van der Waals surface area contributed by atoms with Gasteiger partial charge in [-0.3, -0.25) is 4.79 Å². The number of benzene rings is 1. The zero-order valence-electron chi connectivity index (χ0n) is 14.3. The normalized spacial score (nSPS) is 27.4. The van der Waals surface area contributed by atoms with E-state index in [1.165, 1.54) is 32.1 Å². The van der Waals surface area contributed by atoms with Crippen LogP contribution in [0.5, 0.6) is 5.75 Å². The Kier molecular flexibility index (Phi) is 5.40. The van der Waals surface area contributed by atoms with Gasteiger partial charge in [0.1, 0.15) is 5.75 Å². The van der Waals surface area contributed by atoms with Crippen LogP contribution >= 0.6 is 0 Å². The van der Waals surface area contributed by atoms with Gasteiger partial charge in [-0.15, -0.1) is 0 Å². The minimum atomic E-state index is -0.526. The molecule has 0 spiro atoms. The van der Waals surface area contributed by atoms with E-state index >= 15 is 0 Å². The number of rotatable bonds is 4. The quantitative estimate of drug-likeness (QED) is 0.915. The molecule has 128 valence electrons. The van der Waals surface area contributed by atoms with Gasteiger partial charge >= 0.3 is 0 Å². The fourth-order valence-corrected chi connectivity index (χ4v) is 4.19. The molecule has 4 nitrogen and oxygen atoms in total. The molecule has 1 aromatic carbocycles. The number of nitrogens with zero attached hydrogens (tertiary/aromatic N) is 1. The highest BCUT2D eigenvalue weighted by Crippen LogP contribution is 2.40. The van der Waals surface area contributed by atoms with Crippen molar-refractivity contribution in [1.29, 1.82) is 5.26 Å². The molecular formula is C20H26N2O2. The summed E-state index contributed by atoms with van der Waals surface area (Å²) in [6.07, 6.45) is 8.38. The van der Waals surface area contributed by atoms with Gasteiger partial charge in [0.05, 0.1) is 11.6 Å². The highest BCUT2D eigenvalue weighted by molar-refractivity contribution is 5.81. The van der Waals surface area contributed by atoms with Crippen LogP contribution in [-0.2, 0) is 4.79 Å². The zero-order valence-corrected chi connectivity index (χ0v) is 14.3. The molecule has 0 radical (unpaired) electrons. The Morgan fingerprint density at radius 1 is 1.17 bits per heavy atom. The van der Waals surface area contributed by atoms with Gasteiger partial charge < -0.3 is 10.1 Å². The van der Waals surface area contributed by atoms with Crippen LogP contribution in [0.25, 0.3) is 0 Å². The van der Waals surface area contributed by atoms with Gasteiger partial charge in [-0.05, 0) is 62.3 Å². The molecule has 2 fully saturated rings. The monoisotopic (exact) mass is 326 g/mol. The van der Waals surface area contributed by atoms with Crippen LogP contribution < -0.4 is 10.1 Å². The summed E-state index contributed by atoms with van der Waals surface area (Å²) in [6.45, 7) is 1.78. The van der Waals surface area contributed by atoms with Crippen LogP contribution in [-0.4, -0.2) is 18.1 Å². The molecule has 2 aliphatic rings. The van der Waals surface area contributed by atoms with Crippen molar-refractivity contribution in [3.05, 3.63) is 29.8 Å². The number of amides is 1. The molecule has 1 amide bonds. The largest absolute Gasteiger partial charge is 0.481 e. The highest BCUT2D eigenvalue weighted by atomic mass is 16.5. The summed E-state index contributed by atoms with van der Waals surface area (Å²) in [5, 5.41) is 12.0. The molecule has 0 unspecified atom stereocenters. The highest BCUT2D eigenvalue weighted by Gasteiger charge is 2.33. The van der Waals surface area contributed by atoms with Crippen LogP contribution in [0.4, 0.5) is 0 Å². The topological polar surface area (TPSA) is 62.1 Å². The average molecular weight is 326 g/mol. The summed E-state index contributed by atoms with van der Waals surface area (Å²) in [5.74, 6) is 2.26. The van der Waals surface area contributed by atoms with Gasteiger partial charge in [-0.25, -0.2) is 0 Å². The first-order valence-corrected chi connectivity index (χ1v) is 9.13. The van der Waals surface area contributed by atoms with E-state index in [4.69, 9.17) is 10.00 Å². The SMILES string of the molecule is C[C@H](Oc1ccc(C#N)cc1)C(=O)N[C@@H]1CC[C@@H]2CCCC[C@H]2C1. The number of nitrogens with one attached hydrogen (secondary N) is 1. The molecule has 3 rings (SSSR count). The fraction of sp³-hybridized carbons (Fsp3) is 0.600. The lowest BCUT2D eigenvalue weighted by molar-refractivity contribution is -0.128. The smallest absolute Gasteiger partial charge is 0.260 e. The molecule has 0 saturated heterocycles. The minimum Gasteiger partial charge on any atom is -0.481 e. The first-order chi connectivity index (χ1) is 11.7. The molecule has 1 N–H and O–H groups in total. The first kappa shape index (κ1) is 16.8. The van der Waals surface area contributed by atoms with E-state index in [1.54, 1.807) is 31.2 Å². The maximum absolute atomic E-state index is 12.4. The maximum Gasteiger partial charge on any atom is 0.260 e. The minimum absolute atomic E-state index is 0.0429. The lowest BCUT2D eigenvalue weighted by atomic mass is 9.69. The summed E-state index contributed by atoms with van der Waals surface area (Å²) < 4.78 is 5.70. The van der Waals surface area contributed by atoms with Crippen molar-refractivity contribution < 1.29 is 9.53 Å². The Bertz CT molecular complexity index is 605. The van der Waals surface area contributed by atoms with E-state index in [1.807, 2.05) is 0 Å². The van der Waals surface area contributed by atoms with Crippen molar-refractivity contribution in [3.8, 4) is 11.8 Å². The van der Waals surface area contributed by atoms with Gasteiger partial charge in [0, 0.05) is 6.04 Å².